The van der Waals surface area contributed by atoms with Crippen molar-refractivity contribution in [3.8, 4) is 11.5 Å². The number of para-hydroxylation sites is 2. The minimum atomic E-state index is -0.100. The molecular formula is C18H29N3O3. The van der Waals surface area contributed by atoms with Gasteiger partial charge in [-0.2, -0.15) is 0 Å². The second kappa shape index (κ2) is 10.2. The van der Waals surface area contributed by atoms with Crippen molar-refractivity contribution in [1.82, 2.24) is 15.1 Å². The molecule has 6 nitrogen and oxygen atoms in total. The quantitative estimate of drug-likeness (QED) is 0.688. The molecule has 1 N–H and O–H groups in total. The van der Waals surface area contributed by atoms with Crippen LogP contribution in [-0.4, -0.2) is 75.2 Å². The van der Waals surface area contributed by atoms with Gasteiger partial charge >= 0.3 is 0 Å². The molecule has 0 saturated carbocycles. The lowest BCUT2D eigenvalue weighted by Gasteiger charge is -2.33. The van der Waals surface area contributed by atoms with E-state index in [2.05, 4.69) is 22.0 Å². The Morgan fingerprint density at radius 1 is 1.12 bits per heavy atom. The maximum atomic E-state index is 11.9. The average Bonchev–Trinajstić information content (AvgIpc) is 2.64. The highest BCUT2D eigenvalue weighted by Crippen LogP contribution is 2.25. The number of methoxy groups -OCH3 is 1. The van der Waals surface area contributed by atoms with E-state index in [-0.39, 0.29) is 12.5 Å². The standard InChI is InChI=1S/C18H29N3O3/c1-3-20-11-13-21(14-12-20)10-6-9-19-18(22)15-24-17-8-5-4-7-16(17)23-2/h4-5,7-8H,3,6,9-15H2,1-2H3,(H,19,22). The summed E-state index contributed by atoms with van der Waals surface area (Å²) in [5.41, 5.74) is 0. The molecule has 0 unspecified atom stereocenters. The number of amides is 1. The SMILES string of the molecule is CCN1CCN(CCCNC(=O)COc2ccccc2OC)CC1. The fourth-order valence-corrected chi connectivity index (χ4v) is 2.79. The highest BCUT2D eigenvalue weighted by molar-refractivity contribution is 5.77. The van der Waals surface area contributed by atoms with Gasteiger partial charge in [0.2, 0.25) is 0 Å². The van der Waals surface area contributed by atoms with Gasteiger partial charge in [-0.05, 0) is 31.6 Å². The predicted molar refractivity (Wildman–Crippen MR) is 94.7 cm³/mol. The zero-order valence-electron chi connectivity index (χ0n) is 14.8. The lowest BCUT2D eigenvalue weighted by atomic mass is 10.3. The molecule has 0 aromatic heterocycles. The minimum absolute atomic E-state index is 0.00947. The molecule has 0 spiro atoms. The summed E-state index contributed by atoms with van der Waals surface area (Å²) in [7, 11) is 1.59. The predicted octanol–water partition coefficient (Wildman–Crippen LogP) is 1.22. The number of carbonyl (C=O) groups is 1. The number of rotatable bonds is 9. The maximum absolute atomic E-state index is 11.9. The van der Waals surface area contributed by atoms with Crippen molar-refractivity contribution < 1.29 is 14.3 Å². The number of piperazine rings is 1. The second-order valence-electron chi connectivity index (χ2n) is 5.92. The largest absolute Gasteiger partial charge is 0.493 e. The smallest absolute Gasteiger partial charge is 0.257 e. The third-order valence-corrected chi connectivity index (χ3v) is 4.31. The van der Waals surface area contributed by atoms with Crippen LogP contribution >= 0.6 is 0 Å². The van der Waals surface area contributed by atoms with Gasteiger partial charge in [-0.1, -0.05) is 19.1 Å². The molecule has 6 heteroatoms. The highest BCUT2D eigenvalue weighted by atomic mass is 16.5. The van der Waals surface area contributed by atoms with E-state index in [0.717, 1.165) is 45.7 Å². The molecule has 0 bridgehead atoms. The first kappa shape index (κ1) is 18.5. The van der Waals surface area contributed by atoms with Crippen LogP contribution in [0.4, 0.5) is 0 Å². The van der Waals surface area contributed by atoms with E-state index in [1.807, 2.05) is 18.2 Å². The van der Waals surface area contributed by atoms with Crippen LogP contribution in [0.3, 0.4) is 0 Å². The van der Waals surface area contributed by atoms with Gasteiger partial charge in [-0.3, -0.25) is 4.79 Å². The van der Waals surface area contributed by atoms with E-state index in [1.54, 1.807) is 13.2 Å². The zero-order valence-corrected chi connectivity index (χ0v) is 14.8. The molecule has 0 radical (unpaired) electrons. The van der Waals surface area contributed by atoms with Crippen LogP contribution in [-0.2, 0) is 4.79 Å². The van der Waals surface area contributed by atoms with Gasteiger partial charge in [0.1, 0.15) is 0 Å². The number of benzene rings is 1. The fraction of sp³-hybridized carbons (Fsp3) is 0.611. The van der Waals surface area contributed by atoms with E-state index < -0.39 is 0 Å². The van der Waals surface area contributed by atoms with Gasteiger partial charge in [0.25, 0.3) is 5.91 Å². The maximum Gasteiger partial charge on any atom is 0.257 e. The van der Waals surface area contributed by atoms with Crippen molar-refractivity contribution in [3.05, 3.63) is 24.3 Å². The summed E-state index contributed by atoms with van der Waals surface area (Å²) in [6.45, 7) is 9.61. The fourth-order valence-electron chi connectivity index (χ4n) is 2.79. The van der Waals surface area contributed by atoms with Crippen LogP contribution in [0.25, 0.3) is 0 Å². The molecule has 1 heterocycles. The first-order chi connectivity index (χ1) is 11.7. The third kappa shape index (κ3) is 6.02. The average molecular weight is 335 g/mol. The first-order valence-electron chi connectivity index (χ1n) is 8.70. The van der Waals surface area contributed by atoms with E-state index in [4.69, 9.17) is 9.47 Å². The van der Waals surface area contributed by atoms with Crippen LogP contribution in [0.2, 0.25) is 0 Å². The molecule has 1 amide bonds. The monoisotopic (exact) mass is 335 g/mol. The summed E-state index contributed by atoms with van der Waals surface area (Å²) in [4.78, 5) is 16.8. The summed E-state index contributed by atoms with van der Waals surface area (Å²) in [5.74, 6) is 1.12. The van der Waals surface area contributed by atoms with Crippen LogP contribution in [0.15, 0.2) is 24.3 Å². The van der Waals surface area contributed by atoms with Crippen LogP contribution in [0, 0.1) is 0 Å². The van der Waals surface area contributed by atoms with Crippen molar-refractivity contribution in [2.45, 2.75) is 13.3 Å². The molecule has 1 saturated heterocycles. The molecule has 0 atom stereocenters. The van der Waals surface area contributed by atoms with Gasteiger partial charge in [-0.15, -0.1) is 0 Å². The lowest BCUT2D eigenvalue weighted by molar-refractivity contribution is -0.123. The van der Waals surface area contributed by atoms with Crippen LogP contribution in [0.1, 0.15) is 13.3 Å². The molecule has 2 rings (SSSR count). The third-order valence-electron chi connectivity index (χ3n) is 4.31. The van der Waals surface area contributed by atoms with E-state index in [0.29, 0.717) is 18.0 Å². The lowest BCUT2D eigenvalue weighted by Crippen LogP contribution is -2.46. The summed E-state index contributed by atoms with van der Waals surface area (Å²) in [6.07, 6.45) is 0.965. The number of hydrogen-bond donors (Lipinski definition) is 1. The van der Waals surface area contributed by atoms with Gasteiger partial charge < -0.3 is 24.6 Å². The van der Waals surface area contributed by atoms with Gasteiger partial charge in [0.15, 0.2) is 18.1 Å². The van der Waals surface area contributed by atoms with Crippen molar-refractivity contribution >= 4 is 5.91 Å². The number of nitrogens with one attached hydrogen (secondary N) is 1. The Balaban J connectivity index is 1.57. The Labute approximate surface area is 144 Å². The molecule has 1 fully saturated rings. The highest BCUT2D eigenvalue weighted by Gasteiger charge is 2.14. The molecule has 1 aliphatic rings. The molecule has 1 aromatic carbocycles. The Morgan fingerprint density at radius 3 is 2.46 bits per heavy atom. The Kier molecular flexibility index (Phi) is 7.85. The van der Waals surface area contributed by atoms with Crippen LogP contribution < -0.4 is 14.8 Å². The number of nitrogens with zero attached hydrogens (tertiary/aromatic N) is 2. The van der Waals surface area contributed by atoms with Gasteiger partial charge in [0, 0.05) is 32.7 Å². The Morgan fingerprint density at radius 2 is 1.79 bits per heavy atom. The van der Waals surface area contributed by atoms with Crippen molar-refractivity contribution in [1.29, 1.82) is 0 Å². The van der Waals surface area contributed by atoms with E-state index in [9.17, 15) is 4.79 Å². The molecule has 1 aromatic rings. The Hall–Kier alpha value is -1.79. The Bertz CT molecular complexity index is 502. The van der Waals surface area contributed by atoms with E-state index in [1.165, 1.54) is 0 Å². The van der Waals surface area contributed by atoms with E-state index >= 15 is 0 Å². The summed E-state index contributed by atoms with van der Waals surface area (Å²) < 4.78 is 10.7. The molecule has 134 valence electrons. The number of hydrogen-bond acceptors (Lipinski definition) is 5. The topological polar surface area (TPSA) is 54.0 Å². The number of likely N-dealkylation sites (N-methyl/N-ethyl adjacent to an activating group) is 1. The van der Waals surface area contributed by atoms with Crippen molar-refractivity contribution in [3.63, 3.8) is 0 Å². The van der Waals surface area contributed by atoms with Gasteiger partial charge in [-0.25, -0.2) is 0 Å². The van der Waals surface area contributed by atoms with Crippen molar-refractivity contribution in [2.75, 3.05) is 59.5 Å². The summed E-state index contributed by atoms with van der Waals surface area (Å²) in [6, 6.07) is 7.33. The molecular weight excluding hydrogens is 306 g/mol. The normalized spacial score (nSPS) is 15.9. The molecule has 0 aliphatic carbocycles. The number of carbonyl (C=O) groups excluding carboxylic acids is 1. The summed E-state index contributed by atoms with van der Waals surface area (Å²) in [5, 5.41) is 2.91. The van der Waals surface area contributed by atoms with Crippen molar-refractivity contribution in [2.24, 2.45) is 0 Å². The second-order valence-corrected chi connectivity index (χ2v) is 5.92. The molecule has 1 aliphatic heterocycles. The number of ether oxygens (including phenoxy) is 2. The minimum Gasteiger partial charge on any atom is -0.493 e. The first-order valence-corrected chi connectivity index (χ1v) is 8.70. The van der Waals surface area contributed by atoms with Gasteiger partial charge in [0.05, 0.1) is 7.11 Å². The van der Waals surface area contributed by atoms with Crippen LogP contribution in [0.5, 0.6) is 11.5 Å². The molecule has 24 heavy (non-hydrogen) atoms. The summed E-state index contributed by atoms with van der Waals surface area (Å²) >= 11 is 0. The zero-order chi connectivity index (χ0) is 17.2.